The number of aromatic nitrogens is 5. The molecule has 1 aliphatic heterocycles. The largest absolute Gasteiger partial charge is 0.492 e. The van der Waals surface area contributed by atoms with Crippen LogP contribution in [0.5, 0.6) is 5.75 Å². The van der Waals surface area contributed by atoms with E-state index in [1.54, 1.807) is 10.9 Å². The lowest BCUT2D eigenvalue weighted by Gasteiger charge is -2.20. The van der Waals surface area contributed by atoms with Crippen molar-refractivity contribution in [1.29, 1.82) is 0 Å². The van der Waals surface area contributed by atoms with Gasteiger partial charge in [0.2, 0.25) is 0 Å². The molecule has 1 aliphatic carbocycles. The lowest BCUT2D eigenvalue weighted by Crippen LogP contribution is -2.25. The second-order valence-electron chi connectivity index (χ2n) is 11.3. The molecule has 1 saturated carbocycles. The van der Waals surface area contributed by atoms with Crippen molar-refractivity contribution in [3.63, 3.8) is 0 Å². The molecule has 7 rings (SSSR count). The summed E-state index contributed by atoms with van der Waals surface area (Å²) in [6, 6.07) is 25.3. The minimum absolute atomic E-state index is 0.105. The van der Waals surface area contributed by atoms with E-state index in [9.17, 15) is 4.79 Å². The zero-order valence-electron chi connectivity index (χ0n) is 24.4. The van der Waals surface area contributed by atoms with Crippen molar-refractivity contribution in [1.82, 2.24) is 29.7 Å². The van der Waals surface area contributed by atoms with E-state index < -0.39 is 0 Å². The van der Waals surface area contributed by atoms with Crippen LogP contribution in [-0.2, 0) is 24.9 Å². The molecule has 2 atom stereocenters. The van der Waals surface area contributed by atoms with Gasteiger partial charge in [0.15, 0.2) is 0 Å². The van der Waals surface area contributed by atoms with Crippen LogP contribution >= 0.6 is 0 Å². The van der Waals surface area contributed by atoms with E-state index in [1.165, 1.54) is 11.1 Å². The molecule has 3 heterocycles. The summed E-state index contributed by atoms with van der Waals surface area (Å²) in [6.45, 7) is 5.37. The third-order valence-corrected chi connectivity index (χ3v) is 8.23. The summed E-state index contributed by atoms with van der Waals surface area (Å²) in [5.74, 6) is 0.926. The summed E-state index contributed by atoms with van der Waals surface area (Å²) in [6.07, 6.45) is 4.46. The number of carbonyl (C=O) groups is 1. The third kappa shape index (κ3) is 5.56. The summed E-state index contributed by atoms with van der Waals surface area (Å²) >= 11 is 0. The van der Waals surface area contributed by atoms with Gasteiger partial charge in [0.1, 0.15) is 17.9 Å². The smallest absolute Gasteiger partial charge is 0.341 e. The van der Waals surface area contributed by atoms with E-state index in [0.717, 1.165) is 60.0 Å². The van der Waals surface area contributed by atoms with Gasteiger partial charge in [-0.25, -0.2) is 9.48 Å². The molecule has 2 aromatic heterocycles. The van der Waals surface area contributed by atoms with Gasteiger partial charge in [-0.05, 0) is 54.3 Å². The predicted molar refractivity (Wildman–Crippen MR) is 162 cm³/mol. The van der Waals surface area contributed by atoms with Gasteiger partial charge in [-0.2, -0.15) is 5.10 Å². The summed E-state index contributed by atoms with van der Waals surface area (Å²) in [4.78, 5) is 15.4. The van der Waals surface area contributed by atoms with Gasteiger partial charge < -0.3 is 9.47 Å². The van der Waals surface area contributed by atoms with Crippen molar-refractivity contribution in [2.45, 2.75) is 38.3 Å². The first-order chi connectivity index (χ1) is 21.1. The minimum Gasteiger partial charge on any atom is -0.492 e. The van der Waals surface area contributed by atoms with E-state index in [1.807, 2.05) is 49.1 Å². The van der Waals surface area contributed by atoms with Crippen molar-refractivity contribution < 1.29 is 14.3 Å². The predicted octanol–water partition coefficient (Wildman–Crippen LogP) is 5.51. The Balaban J connectivity index is 1.17. The highest BCUT2D eigenvalue weighted by Gasteiger charge is 2.46. The Labute approximate surface area is 250 Å². The number of rotatable bonds is 8. The Morgan fingerprint density at radius 1 is 1.02 bits per heavy atom. The van der Waals surface area contributed by atoms with Gasteiger partial charge >= 0.3 is 5.97 Å². The molecule has 0 bridgehead atoms. The number of ether oxygens (including phenoxy) is 2. The van der Waals surface area contributed by atoms with Crippen molar-refractivity contribution in [2.75, 3.05) is 19.8 Å². The van der Waals surface area contributed by atoms with Gasteiger partial charge in [-0.15, -0.1) is 5.10 Å². The van der Waals surface area contributed by atoms with Gasteiger partial charge in [-0.1, -0.05) is 53.7 Å². The molecule has 218 valence electrons. The van der Waals surface area contributed by atoms with Crippen LogP contribution in [0.2, 0.25) is 0 Å². The summed E-state index contributed by atoms with van der Waals surface area (Å²) in [5, 5.41) is 13.1. The first-order valence-electron chi connectivity index (χ1n) is 14.8. The van der Waals surface area contributed by atoms with Crippen LogP contribution in [0.3, 0.4) is 0 Å². The Morgan fingerprint density at radius 3 is 2.70 bits per heavy atom. The van der Waals surface area contributed by atoms with Gasteiger partial charge in [-0.3, -0.25) is 9.58 Å². The number of aryl methyl sites for hydroxylation is 1. The summed E-state index contributed by atoms with van der Waals surface area (Å²) in [5.41, 5.74) is 7.89. The number of benzene rings is 3. The molecule has 0 radical (unpaired) electrons. The summed E-state index contributed by atoms with van der Waals surface area (Å²) < 4.78 is 15.0. The van der Waals surface area contributed by atoms with Crippen molar-refractivity contribution in [2.24, 2.45) is 7.05 Å². The zero-order valence-corrected chi connectivity index (χ0v) is 24.4. The average Bonchev–Trinajstić information content (AvgIpc) is 3.56. The molecule has 0 spiro atoms. The lowest BCUT2D eigenvalue weighted by atomic mass is 10.0. The molecule has 2 aliphatic rings. The van der Waals surface area contributed by atoms with E-state index >= 15 is 0 Å². The Bertz CT molecular complexity index is 1780. The van der Waals surface area contributed by atoms with Crippen LogP contribution in [0.1, 0.15) is 58.1 Å². The number of carbonyl (C=O) groups excluding carboxylic acids is 1. The van der Waals surface area contributed by atoms with Crippen molar-refractivity contribution in [3.8, 4) is 22.6 Å². The molecule has 0 saturated heterocycles. The molecule has 0 amide bonds. The first-order valence-corrected chi connectivity index (χ1v) is 14.8. The van der Waals surface area contributed by atoms with E-state index in [4.69, 9.17) is 14.6 Å². The molecule has 3 aromatic carbocycles. The first kappa shape index (κ1) is 27.1. The maximum Gasteiger partial charge on any atom is 0.341 e. The molecular weight excluding hydrogens is 540 g/mol. The number of hydrogen-bond donors (Lipinski definition) is 0. The number of hydrogen-bond acceptors (Lipinski definition) is 7. The van der Waals surface area contributed by atoms with Crippen molar-refractivity contribution in [3.05, 3.63) is 113 Å². The monoisotopic (exact) mass is 574 g/mol. The van der Waals surface area contributed by atoms with Gasteiger partial charge in [0.05, 0.1) is 29.9 Å². The molecule has 0 N–H and O–H groups in total. The maximum absolute atomic E-state index is 12.9. The third-order valence-electron chi connectivity index (χ3n) is 8.23. The Hall–Kier alpha value is -4.76. The molecule has 43 heavy (non-hydrogen) atoms. The highest BCUT2D eigenvalue weighted by Crippen LogP contribution is 2.55. The number of nitrogens with zero attached hydrogens (tertiary/aromatic N) is 6. The normalized spacial score (nSPS) is 18.0. The fourth-order valence-corrected chi connectivity index (χ4v) is 6.09. The molecule has 1 fully saturated rings. The van der Waals surface area contributed by atoms with E-state index in [2.05, 4.69) is 63.7 Å². The van der Waals surface area contributed by atoms with Crippen LogP contribution in [0.15, 0.2) is 85.2 Å². The average molecular weight is 575 g/mol. The van der Waals surface area contributed by atoms with Gasteiger partial charge in [0.25, 0.3) is 0 Å². The van der Waals surface area contributed by atoms with E-state index in [-0.39, 0.29) is 17.8 Å². The SMILES string of the molecule is CCOC(=O)c1cnn(-c2cccc(-c3cccc(CN4CCOc5ccccc5C4)c3)c2)c1C1CC1c1cn(C)nn1. The van der Waals surface area contributed by atoms with Crippen LogP contribution in [0, 0.1) is 0 Å². The highest BCUT2D eigenvalue weighted by atomic mass is 16.5. The highest BCUT2D eigenvalue weighted by molar-refractivity contribution is 5.91. The van der Waals surface area contributed by atoms with Crippen LogP contribution in [0.25, 0.3) is 16.8 Å². The van der Waals surface area contributed by atoms with Gasteiger partial charge in [0, 0.05) is 50.3 Å². The standard InChI is InChI=1S/C34H34N6O3/c1-3-42-34(41)30-19-35-40(33(30)29-18-28(29)31-22-38(2)37-36-31)27-12-7-11-25(17-27)24-10-6-8-23(16-24)20-39-14-15-43-32-13-5-4-9-26(32)21-39/h4-13,16-17,19,22,28-29H,3,14-15,18,20-21H2,1-2H3. The van der Waals surface area contributed by atoms with E-state index in [0.29, 0.717) is 18.8 Å². The second-order valence-corrected chi connectivity index (χ2v) is 11.3. The molecule has 9 heteroatoms. The molecular formula is C34H34N6O3. The topological polar surface area (TPSA) is 87.3 Å². The minimum atomic E-state index is -0.348. The second kappa shape index (κ2) is 11.5. The number of esters is 1. The van der Waals surface area contributed by atoms with Crippen LogP contribution in [-0.4, -0.2) is 55.4 Å². The quantitative estimate of drug-likeness (QED) is 0.226. The van der Waals surface area contributed by atoms with Crippen LogP contribution < -0.4 is 4.74 Å². The zero-order chi connectivity index (χ0) is 29.3. The lowest BCUT2D eigenvalue weighted by molar-refractivity contribution is 0.0525. The number of fused-ring (bicyclic) bond motifs is 1. The molecule has 9 nitrogen and oxygen atoms in total. The fourth-order valence-electron chi connectivity index (χ4n) is 6.09. The van der Waals surface area contributed by atoms with Crippen LogP contribution in [0.4, 0.5) is 0 Å². The summed E-state index contributed by atoms with van der Waals surface area (Å²) in [7, 11) is 1.87. The Kier molecular flexibility index (Phi) is 7.24. The van der Waals surface area contributed by atoms with Crippen molar-refractivity contribution >= 4 is 5.97 Å². The Morgan fingerprint density at radius 2 is 1.86 bits per heavy atom. The fraction of sp³-hybridized carbons (Fsp3) is 0.294. The maximum atomic E-state index is 12.9. The number of para-hydroxylation sites is 1. The molecule has 2 unspecified atom stereocenters. The molecule has 5 aromatic rings.